The van der Waals surface area contributed by atoms with Gasteiger partial charge in [0, 0.05) is 16.5 Å². The smallest absolute Gasteiger partial charge is 0.161 e. The maximum absolute atomic E-state index is 9.85. The van der Waals surface area contributed by atoms with Gasteiger partial charge in [0.1, 0.15) is 5.75 Å². The van der Waals surface area contributed by atoms with Crippen molar-refractivity contribution in [2.24, 2.45) is 0 Å². The third-order valence-electron chi connectivity index (χ3n) is 5.35. The van der Waals surface area contributed by atoms with Crippen molar-refractivity contribution in [3.05, 3.63) is 59.2 Å². The van der Waals surface area contributed by atoms with Crippen LogP contribution in [0.5, 0.6) is 17.2 Å². The minimum Gasteiger partial charge on any atom is -0.507 e. The summed E-state index contributed by atoms with van der Waals surface area (Å²) in [5, 5.41) is 28.8. The van der Waals surface area contributed by atoms with E-state index in [1.165, 1.54) is 69.4 Å². The molecule has 0 heterocycles. The molecule has 2 aromatic carbocycles. The number of thiocarbonyl (C=S) groups is 1. The van der Waals surface area contributed by atoms with Crippen LogP contribution < -0.4 is 0 Å². The Labute approximate surface area is 186 Å². The predicted octanol–water partition coefficient (Wildman–Crippen LogP) is 7.31. The lowest BCUT2D eigenvalue weighted by Gasteiger charge is -2.05. The molecule has 0 aliphatic heterocycles. The van der Waals surface area contributed by atoms with E-state index in [2.05, 4.69) is 19.1 Å². The number of allylic oxidation sites excluding steroid dienone is 1. The maximum atomic E-state index is 9.85. The van der Waals surface area contributed by atoms with Crippen molar-refractivity contribution in [1.82, 2.24) is 0 Å². The van der Waals surface area contributed by atoms with Crippen molar-refractivity contribution in [1.29, 1.82) is 0 Å². The summed E-state index contributed by atoms with van der Waals surface area (Å²) in [7, 11) is 0. The van der Waals surface area contributed by atoms with E-state index in [4.69, 9.17) is 12.2 Å². The number of phenols is 3. The molecule has 0 radical (unpaired) electrons. The minimum atomic E-state index is -0.352. The molecule has 3 nitrogen and oxygen atoms in total. The first kappa shape index (κ1) is 23.9. The van der Waals surface area contributed by atoms with Crippen LogP contribution in [0.3, 0.4) is 0 Å². The molecule has 2 aromatic rings. The van der Waals surface area contributed by atoms with E-state index in [0.717, 1.165) is 18.1 Å². The first-order chi connectivity index (χ1) is 14.5. The Hall–Kier alpha value is -2.33. The number of phenolic OH excluding ortho intramolecular Hbond substituents is 3. The summed E-state index contributed by atoms with van der Waals surface area (Å²) < 4.78 is 0. The van der Waals surface area contributed by atoms with Gasteiger partial charge in [-0.3, -0.25) is 0 Å². The summed E-state index contributed by atoms with van der Waals surface area (Å²) in [6.07, 6.45) is 16.5. The first-order valence-electron chi connectivity index (χ1n) is 11.1. The standard InChI is InChI=1S/C26H34O3S/c1-2-3-4-5-6-7-8-9-10-11-20-12-14-21(15-13-20)26(30)17-16-22-18-24(28)25(29)19-23(22)27/h12-19,27-29H,2-11H2,1H3. The van der Waals surface area contributed by atoms with Crippen LogP contribution in [0.4, 0.5) is 0 Å². The molecule has 4 heteroatoms. The van der Waals surface area contributed by atoms with E-state index < -0.39 is 0 Å². The number of hydrogen-bond donors (Lipinski definition) is 3. The van der Waals surface area contributed by atoms with Crippen LogP contribution in [-0.2, 0) is 6.42 Å². The monoisotopic (exact) mass is 426 g/mol. The Kier molecular flexibility index (Phi) is 10.4. The molecular weight excluding hydrogens is 392 g/mol. The highest BCUT2D eigenvalue weighted by molar-refractivity contribution is 7.81. The van der Waals surface area contributed by atoms with Crippen LogP contribution in [0, 0.1) is 0 Å². The van der Waals surface area contributed by atoms with Gasteiger partial charge in [-0.15, -0.1) is 0 Å². The van der Waals surface area contributed by atoms with Crippen LogP contribution >= 0.6 is 12.2 Å². The fourth-order valence-electron chi connectivity index (χ4n) is 3.45. The number of aryl methyl sites for hydroxylation is 1. The van der Waals surface area contributed by atoms with Crippen molar-refractivity contribution in [3.63, 3.8) is 0 Å². The Balaban J connectivity index is 1.74. The Morgan fingerprint density at radius 1 is 0.767 bits per heavy atom. The highest BCUT2D eigenvalue weighted by Crippen LogP contribution is 2.32. The summed E-state index contributed by atoms with van der Waals surface area (Å²) in [6.45, 7) is 2.26. The molecule has 0 saturated carbocycles. The number of hydrogen-bond acceptors (Lipinski definition) is 4. The third kappa shape index (κ3) is 8.19. The molecule has 162 valence electrons. The molecule has 0 aliphatic rings. The SMILES string of the molecule is CCCCCCCCCCCc1ccc(C(=S)C=Cc2cc(O)c(O)cc2O)cc1. The van der Waals surface area contributed by atoms with Gasteiger partial charge >= 0.3 is 0 Å². The zero-order valence-electron chi connectivity index (χ0n) is 17.9. The molecule has 0 bridgehead atoms. The molecule has 2 rings (SSSR count). The topological polar surface area (TPSA) is 60.7 Å². The van der Waals surface area contributed by atoms with Gasteiger partial charge in [0.05, 0.1) is 0 Å². The van der Waals surface area contributed by atoms with Crippen molar-refractivity contribution >= 4 is 23.2 Å². The van der Waals surface area contributed by atoms with Gasteiger partial charge in [-0.05, 0) is 42.2 Å². The highest BCUT2D eigenvalue weighted by atomic mass is 32.1. The van der Waals surface area contributed by atoms with Crippen molar-refractivity contribution in [2.45, 2.75) is 71.1 Å². The van der Waals surface area contributed by atoms with Crippen molar-refractivity contribution < 1.29 is 15.3 Å². The molecule has 0 atom stereocenters. The van der Waals surface area contributed by atoms with Crippen LogP contribution in [0.1, 0.15) is 81.4 Å². The van der Waals surface area contributed by atoms with Gasteiger partial charge in [-0.2, -0.15) is 0 Å². The van der Waals surface area contributed by atoms with Gasteiger partial charge < -0.3 is 15.3 Å². The Morgan fingerprint density at radius 2 is 1.33 bits per heavy atom. The second-order valence-electron chi connectivity index (χ2n) is 7.87. The van der Waals surface area contributed by atoms with Crippen LogP contribution in [-0.4, -0.2) is 20.2 Å². The van der Waals surface area contributed by atoms with E-state index in [1.807, 2.05) is 12.1 Å². The zero-order valence-corrected chi connectivity index (χ0v) is 18.8. The van der Waals surface area contributed by atoms with Crippen LogP contribution in [0.15, 0.2) is 42.5 Å². The minimum absolute atomic E-state index is 0.111. The summed E-state index contributed by atoms with van der Waals surface area (Å²) in [6, 6.07) is 10.7. The fraction of sp³-hybridized carbons (Fsp3) is 0.423. The lowest BCUT2D eigenvalue weighted by atomic mass is 10.0. The summed E-state index contributed by atoms with van der Waals surface area (Å²) in [5.74, 6) is -0.741. The molecule has 0 amide bonds. The quantitative estimate of drug-likeness (QED) is 0.0785. The van der Waals surface area contributed by atoms with Crippen LogP contribution in [0.2, 0.25) is 0 Å². The molecule has 0 saturated heterocycles. The average Bonchev–Trinajstić information content (AvgIpc) is 2.74. The van der Waals surface area contributed by atoms with Gasteiger partial charge in [0.2, 0.25) is 0 Å². The predicted molar refractivity (Wildman–Crippen MR) is 130 cm³/mol. The molecular formula is C26H34O3S. The molecule has 3 N–H and O–H groups in total. The second-order valence-corrected chi connectivity index (χ2v) is 8.31. The average molecular weight is 427 g/mol. The lowest BCUT2D eigenvalue weighted by Crippen LogP contribution is -1.94. The molecule has 30 heavy (non-hydrogen) atoms. The van der Waals surface area contributed by atoms with Gasteiger partial charge in [0.15, 0.2) is 11.5 Å². The van der Waals surface area contributed by atoms with E-state index in [-0.39, 0.29) is 17.2 Å². The normalized spacial score (nSPS) is 11.2. The summed E-state index contributed by atoms with van der Waals surface area (Å²) in [5.41, 5.74) is 2.67. The largest absolute Gasteiger partial charge is 0.507 e. The highest BCUT2D eigenvalue weighted by Gasteiger charge is 2.06. The molecule has 0 aliphatic carbocycles. The Morgan fingerprint density at radius 3 is 1.97 bits per heavy atom. The number of aromatic hydroxyl groups is 3. The van der Waals surface area contributed by atoms with Gasteiger partial charge in [0.25, 0.3) is 0 Å². The number of rotatable bonds is 13. The molecule has 0 unspecified atom stereocenters. The third-order valence-corrected chi connectivity index (χ3v) is 5.72. The first-order valence-corrected chi connectivity index (χ1v) is 11.5. The summed E-state index contributed by atoms with van der Waals surface area (Å²) >= 11 is 5.46. The Bertz CT molecular complexity index is 825. The van der Waals surface area contributed by atoms with Gasteiger partial charge in [-0.1, -0.05) is 94.8 Å². The lowest BCUT2D eigenvalue weighted by molar-refractivity contribution is 0.396. The molecule has 0 fully saturated rings. The van der Waals surface area contributed by atoms with Crippen molar-refractivity contribution in [2.75, 3.05) is 0 Å². The van der Waals surface area contributed by atoms with E-state index in [9.17, 15) is 15.3 Å². The zero-order chi connectivity index (χ0) is 21.8. The maximum Gasteiger partial charge on any atom is 0.161 e. The number of unbranched alkanes of at least 4 members (excludes halogenated alkanes) is 8. The van der Waals surface area contributed by atoms with E-state index in [1.54, 1.807) is 12.2 Å². The molecule has 0 aromatic heterocycles. The molecule has 0 spiro atoms. The van der Waals surface area contributed by atoms with Crippen molar-refractivity contribution in [3.8, 4) is 17.2 Å². The number of benzene rings is 2. The fourth-order valence-corrected chi connectivity index (χ4v) is 3.66. The van der Waals surface area contributed by atoms with Gasteiger partial charge in [-0.25, -0.2) is 0 Å². The van der Waals surface area contributed by atoms with Crippen LogP contribution in [0.25, 0.3) is 6.08 Å². The van der Waals surface area contributed by atoms with E-state index >= 15 is 0 Å². The second kappa shape index (κ2) is 13.1. The summed E-state index contributed by atoms with van der Waals surface area (Å²) in [4.78, 5) is 0.650. The van der Waals surface area contributed by atoms with E-state index in [0.29, 0.717) is 10.4 Å².